The summed E-state index contributed by atoms with van der Waals surface area (Å²) >= 11 is 0. The molecule has 2 N–H and O–H groups in total. The lowest BCUT2D eigenvalue weighted by atomic mass is 10.1. The second-order valence-electron chi connectivity index (χ2n) is 7.93. The van der Waals surface area contributed by atoms with E-state index in [2.05, 4.69) is 11.8 Å². The zero-order valence-electron chi connectivity index (χ0n) is 18.3. The molecule has 1 aliphatic heterocycles. The van der Waals surface area contributed by atoms with E-state index in [4.69, 9.17) is 5.73 Å². The van der Waals surface area contributed by atoms with Crippen LogP contribution >= 0.6 is 0 Å². The fourth-order valence-electron chi connectivity index (χ4n) is 3.81. The first-order valence-electron chi connectivity index (χ1n) is 10.4. The molecule has 1 aliphatic rings. The first-order chi connectivity index (χ1) is 14.8. The number of aromatic nitrogens is 2. The molecule has 1 atom stereocenters. The molecule has 2 aromatic rings. The van der Waals surface area contributed by atoms with Crippen molar-refractivity contribution in [2.75, 3.05) is 32.1 Å². The van der Waals surface area contributed by atoms with Gasteiger partial charge in [0.25, 0.3) is 11.5 Å². The van der Waals surface area contributed by atoms with E-state index in [0.717, 1.165) is 24.0 Å². The van der Waals surface area contributed by atoms with E-state index < -0.39 is 11.2 Å². The Morgan fingerprint density at radius 3 is 2.65 bits per heavy atom. The van der Waals surface area contributed by atoms with Gasteiger partial charge >= 0.3 is 5.69 Å². The topological polar surface area (TPSA) is 93.6 Å². The van der Waals surface area contributed by atoms with Gasteiger partial charge in [-0.3, -0.25) is 18.7 Å². The van der Waals surface area contributed by atoms with E-state index in [1.165, 1.54) is 15.5 Å². The van der Waals surface area contributed by atoms with E-state index in [1.54, 1.807) is 45.3 Å². The van der Waals surface area contributed by atoms with Crippen LogP contribution in [0, 0.1) is 11.8 Å². The van der Waals surface area contributed by atoms with Crippen LogP contribution in [-0.2, 0) is 13.1 Å². The molecule has 1 fully saturated rings. The summed E-state index contributed by atoms with van der Waals surface area (Å²) in [6, 6.07) is 8.50. The van der Waals surface area contributed by atoms with Crippen molar-refractivity contribution in [3.05, 3.63) is 62.3 Å². The van der Waals surface area contributed by atoms with Gasteiger partial charge in [0.05, 0.1) is 13.1 Å². The second-order valence-corrected chi connectivity index (χ2v) is 7.93. The number of benzene rings is 1. The average Bonchev–Trinajstić information content (AvgIpc) is 2.75. The molecule has 1 aromatic heterocycles. The molecule has 1 saturated heterocycles. The smallest absolute Gasteiger partial charge is 0.333 e. The third-order valence-electron chi connectivity index (χ3n) is 5.44. The number of carbonyl (C=O) groups is 1. The second kappa shape index (κ2) is 9.67. The van der Waals surface area contributed by atoms with Gasteiger partial charge in [-0.1, -0.05) is 24.1 Å². The number of nitrogens with two attached hydrogens (primary N) is 1. The molecule has 2 heterocycles. The van der Waals surface area contributed by atoms with Gasteiger partial charge < -0.3 is 15.5 Å². The van der Waals surface area contributed by atoms with Crippen molar-refractivity contribution >= 4 is 11.7 Å². The van der Waals surface area contributed by atoms with Gasteiger partial charge in [0.1, 0.15) is 5.82 Å². The van der Waals surface area contributed by atoms with Gasteiger partial charge in [-0.05, 0) is 31.4 Å². The molecule has 8 nitrogen and oxygen atoms in total. The van der Waals surface area contributed by atoms with Crippen LogP contribution in [0.1, 0.15) is 35.7 Å². The molecule has 0 unspecified atom stereocenters. The minimum atomic E-state index is -0.448. The molecule has 0 saturated carbocycles. The van der Waals surface area contributed by atoms with E-state index in [0.29, 0.717) is 23.5 Å². The quantitative estimate of drug-likeness (QED) is 0.715. The summed E-state index contributed by atoms with van der Waals surface area (Å²) in [5.74, 6) is 6.10. The van der Waals surface area contributed by atoms with Gasteiger partial charge in [-0.2, -0.15) is 0 Å². The number of hydrogen-bond donors (Lipinski definition) is 1. The fraction of sp³-hybridized carbons (Fsp3) is 0.435. The van der Waals surface area contributed by atoms with Crippen LogP contribution in [0.25, 0.3) is 0 Å². The molecule has 31 heavy (non-hydrogen) atoms. The highest BCUT2D eigenvalue weighted by atomic mass is 16.2. The SMILES string of the molecule is CC#CCn1c(N2CCC[C@@H](N)C2)cc(=O)n(Cc2ccccc2C(=O)N(C)C)c1=O. The maximum Gasteiger partial charge on any atom is 0.333 e. The Balaban J connectivity index is 2.09. The zero-order valence-corrected chi connectivity index (χ0v) is 18.3. The summed E-state index contributed by atoms with van der Waals surface area (Å²) in [5.41, 5.74) is 6.33. The van der Waals surface area contributed by atoms with Crippen LogP contribution in [0.5, 0.6) is 0 Å². The maximum absolute atomic E-state index is 13.4. The summed E-state index contributed by atoms with van der Waals surface area (Å²) in [6.45, 7) is 3.21. The van der Waals surface area contributed by atoms with Crippen LogP contribution in [0.2, 0.25) is 0 Å². The van der Waals surface area contributed by atoms with E-state index in [-0.39, 0.29) is 25.0 Å². The molecule has 3 rings (SSSR count). The number of piperidine rings is 1. The number of hydrogen-bond acceptors (Lipinski definition) is 5. The lowest BCUT2D eigenvalue weighted by Crippen LogP contribution is -2.48. The Kier molecular flexibility index (Phi) is 6.98. The first kappa shape index (κ1) is 22.4. The minimum Gasteiger partial charge on any atom is -0.356 e. The molecule has 8 heteroatoms. The normalized spacial score (nSPS) is 15.9. The summed E-state index contributed by atoms with van der Waals surface area (Å²) in [5, 5.41) is 0. The molecule has 1 amide bonds. The van der Waals surface area contributed by atoms with Gasteiger partial charge in [0, 0.05) is 44.9 Å². The van der Waals surface area contributed by atoms with E-state index in [9.17, 15) is 14.4 Å². The number of anilines is 1. The van der Waals surface area contributed by atoms with Crippen molar-refractivity contribution in [1.29, 1.82) is 0 Å². The van der Waals surface area contributed by atoms with Crippen molar-refractivity contribution in [2.45, 2.75) is 38.9 Å². The van der Waals surface area contributed by atoms with Crippen LogP contribution in [0.15, 0.2) is 39.9 Å². The number of nitrogens with zero attached hydrogens (tertiary/aromatic N) is 4. The highest BCUT2D eigenvalue weighted by molar-refractivity contribution is 5.95. The third-order valence-corrected chi connectivity index (χ3v) is 5.44. The summed E-state index contributed by atoms with van der Waals surface area (Å²) in [4.78, 5) is 42.4. The summed E-state index contributed by atoms with van der Waals surface area (Å²) in [7, 11) is 3.33. The summed E-state index contributed by atoms with van der Waals surface area (Å²) in [6.07, 6.45) is 1.82. The lowest BCUT2D eigenvalue weighted by molar-refractivity contribution is 0.0826. The van der Waals surface area contributed by atoms with Crippen molar-refractivity contribution < 1.29 is 4.79 Å². The highest BCUT2D eigenvalue weighted by Gasteiger charge is 2.22. The number of amides is 1. The van der Waals surface area contributed by atoms with Crippen molar-refractivity contribution in [3.63, 3.8) is 0 Å². The summed E-state index contributed by atoms with van der Waals surface area (Å²) < 4.78 is 2.68. The molecule has 1 aromatic carbocycles. The minimum absolute atomic E-state index is 0.000848. The molecule has 0 radical (unpaired) electrons. The molecule has 0 aliphatic carbocycles. The van der Waals surface area contributed by atoms with Gasteiger partial charge in [0.2, 0.25) is 0 Å². The maximum atomic E-state index is 13.4. The van der Waals surface area contributed by atoms with Crippen LogP contribution in [0.3, 0.4) is 0 Å². The van der Waals surface area contributed by atoms with Gasteiger partial charge in [0.15, 0.2) is 0 Å². The predicted octanol–water partition coefficient (Wildman–Crippen LogP) is 0.711. The Bertz CT molecular complexity index is 1140. The first-order valence-corrected chi connectivity index (χ1v) is 10.4. The third kappa shape index (κ3) is 4.89. The van der Waals surface area contributed by atoms with Crippen molar-refractivity contribution in [2.24, 2.45) is 5.73 Å². The van der Waals surface area contributed by atoms with Crippen LogP contribution < -0.4 is 21.9 Å². The Morgan fingerprint density at radius 1 is 1.23 bits per heavy atom. The van der Waals surface area contributed by atoms with E-state index in [1.807, 2.05) is 4.90 Å². The van der Waals surface area contributed by atoms with Crippen molar-refractivity contribution in [3.8, 4) is 11.8 Å². The van der Waals surface area contributed by atoms with E-state index >= 15 is 0 Å². The van der Waals surface area contributed by atoms with Crippen LogP contribution in [0.4, 0.5) is 5.82 Å². The molecular formula is C23H29N5O3. The molecule has 164 valence electrons. The average molecular weight is 424 g/mol. The Labute approximate surface area is 181 Å². The lowest BCUT2D eigenvalue weighted by Gasteiger charge is -2.33. The number of rotatable bonds is 5. The van der Waals surface area contributed by atoms with Gasteiger partial charge in [-0.25, -0.2) is 4.79 Å². The predicted molar refractivity (Wildman–Crippen MR) is 121 cm³/mol. The highest BCUT2D eigenvalue weighted by Crippen LogP contribution is 2.17. The molecule has 0 bridgehead atoms. The number of carbonyl (C=O) groups excluding carboxylic acids is 1. The molecular weight excluding hydrogens is 394 g/mol. The molecule has 0 spiro atoms. The largest absolute Gasteiger partial charge is 0.356 e. The van der Waals surface area contributed by atoms with Crippen LogP contribution in [-0.4, -0.2) is 53.2 Å². The Morgan fingerprint density at radius 2 is 1.97 bits per heavy atom. The standard InChI is InChI=1S/C23H29N5O3/c1-4-5-13-27-20(26-12-8-10-18(24)16-26)14-21(29)28(23(27)31)15-17-9-6-7-11-19(17)22(30)25(2)3/h6-7,9,11,14,18H,8,10,12-13,15-16,24H2,1-3H3/t18-/m1/s1. The monoisotopic (exact) mass is 423 g/mol. The fourth-order valence-corrected chi connectivity index (χ4v) is 3.81. The zero-order chi connectivity index (χ0) is 22.5. The van der Waals surface area contributed by atoms with Gasteiger partial charge in [-0.15, -0.1) is 5.92 Å². The van der Waals surface area contributed by atoms with Crippen molar-refractivity contribution in [1.82, 2.24) is 14.0 Å². The Hall–Kier alpha value is -3.31.